The van der Waals surface area contributed by atoms with E-state index in [0.29, 0.717) is 18.2 Å². The van der Waals surface area contributed by atoms with Crippen molar-refractivity contribution in [1.82, 2.24) is 9.62 Å². The Morgan fingerprint density at radius 3 is 2.27 bits per heavy atom. The van der Waals surface area contributed by atoms with Gasteiger partial charge in [-0.1, -0.05) is 13.8 Å². The van der Waals surface area contributed by atoms with Crippen molar-refractivity contribution in [3.63, 3.8) is 0 Å². The molecule has 0 aliphatic carbocycles. The summed E-state index contributed by atoms with van der Waals surface area (Å²) in [5, 5.41) is 0. The largest absolute Gasteiger partial charge is 0.497 e. The Morgan fingerprint density at radius 1 is 1.18 bits per heavy atom. The summed E-state index contributed by atoms with van der Waals surface area (Å²) >= 11 is 0. The van der Waals surface area contributed by atoms with Crippen LogP contribution in [0.15, 0.2) is 29.2 Å². The molecule has 0 saturated carbocycles. The fraction of sp³-hybridized carbons (Fsp3) is 0.625. The Balaban J connectivity index is 2.03. The smallest absolute Gasteiger partial charge is 0.240 e. The number of hydrogen-bond donors (Lipinski definition) is 1. The van der Waals surface area contributed by atoms with Crippen molar-refractivity contribution in [3.8, 4) is 5.75 Å². The maximum Gasteiger partial charge on any atom is 0.240 e. The molecule has 1 aliphatic rings. The van der Waals surface area contributed by atoms with Crippen LogP contribution in [0.4, 0.5) is 0 Å². The molecule has 0 amide bonds. The van der Waals surface area contributed by atoms with Gasteiger partial charge in [-0.15, -0.1) is 0 Å². The van der Waals surface area contributed by atoms with E-state index in [4.69, 9.17) is 4.74 Å². The Labute approximate surface area is 133 Å². The summed E-state index contributed by atoms with van der Waals surface area (Å²) in [5.74, 6) is 1.06. The molecule has 0 aromatic heterocycles. The van der Waals surface area contributed by atoms with Gasteiger partial charge in [0.25, 0.3) is 0 Å². The standard InChI is InChI=1S/C16H26N2O3S/c1-13(2)16(18-10-4-5-11-18)12-17-22(19,20)15-8-6-14(21-3)7-9-15/h6-9,13,16-17H,4-5,10-12H2,1-3H3/t16-/m0/s1. The van der Waals surface area contributed by atoms with Crippen LogP contribution in [0.25, 0.3) is 0 Å². The molecule has 1 atom stereocenters. The zero-order valence-corrected chi connectivity index (χ0v) is 14.4. The van der Waals surface area contributed by atoms with Crippen molar-refractivity contribution in [2.45, 2.75) is 37.6 Å². The number of nitrogens with zero attached hydrogens (tertiary/aromatic N) is 1. The van der Waals surface area contributed by atoms with Gasteiger partial charge < -0.3 is 4.74 Å². The highest BCUT2D eigenvalue weighted by molar-refractivity contribution is 7.89. The van der Waals surface area contributed by atoms with Gasteiger partial charge in [0.1, 0.15) is 5.75 Å². The first-order valence-corrected chi connectivity index (χ1v) is 9.30. The van der Waals surface area contributed by atoms with Crippen LogP contribution in [0.2, 0.25) is 0 Å². The molecule has 6 heteroatoms. The zero-order valence-electron chi connectivity index (χ0n) is 13.6. The van der Waals surface area contributed by atoms with Gasteiger partial charge in [0.15, 0.2) is 0 Å². The van der Waals surface area contributed by atoms with Gasteiger partial charge in [-0.25, -0.2) is 13.1 Å². The summed E-state index contributed by atoms with van der Waals surface area (Å²) in [6.07, 6.45) is 2.41. The van der Waals surface area contributed by atoms with E-state index in [0.717, 1.165) is 13.1 Å². The minimum Gasteiger partial charge on any atom is -0.497 e. The van der Waals surface area contributed by atoms with E-state index >= 15 is 0 Å². The highest BCUT2D eigenvalue weighted by Gasteiger charge is 2.26. The van der Waals surface area contributed by atoms with Crippen molar-refractivity contribution in [2.75, 3.05) is 26.7 Å². The van der Waals surface area contributed by atoms with E-state index in [1.807, 2.05) is 0 Å². The molecule has 0 bridgehead atoms. The van der Waals surface area contributed by atoms with E-state index in [1.54, 1.807) is 31.4 Å². The minimum atomic E-state index is -3.48. The number of benzene rings is 1. The first-order valence-electron chi connectivity index (χ1n) is 7.82. The Hall–Kier alpha value is -1.11. The van der Waals surface area contributed by atoms with Crippen molar-refractivity contribution in [3.05, 3.63) is 24.3 Å². The molecule has 1 saturated heterocycles. The fourth-order valence-corrected chi connectivity index (χ4v) is 3.94. The average molecular weight is 326 g/mol. The molecule has 2 rings (SSSR count). The van der Waals surface area contributed by atoms with Gasteiger partial charge in [0.05, 0.1) is 12.0 Å². The van der Waals surface area contributed by atoms with E-state index < -0.39 is 10.0 Å². The lowest BCUT2D eigenvalue weighted by atomic mass is 10.0. The maximum absolute atomic E-state index is 12.4. The predicted molar refractivity (Wildman–Crippen MR) is 87.6 cm³/mol. The quantitative estimate of drug-likeness (QED) is 0.833. The van der Waals surface area contributed by atoms with Crippen LogP contribution in [-0.4, -0.2) is 46.1 Å². The number of likely N-dealkylation sites (tertiary alicyclic amines) is 1. The SMILES string of the molecule is COc1ccc(S(=O)(=O)NC[C@@H](C(C)C)N2CCCC2)cc1. The van der Waals surface area contributed by atoms with Gasteiger partial charge in [0, 0.05) is 12.6 Å². The maximum atomic E-state index is 12.4. The van der Waals surface area contributed by atoms with E-state index in [-0.39, 0.29) is 10.9 Å². The normalized spacial score (nSPS) is 17.8. The first-order chi connectivity index (χ1) is 10.4. The van der Waals surface area contributed by atoms with Gasteiger partial charge in [0.2, 0.25) is 10.0 Å². The van der Waals surface area contributed by atoms with E-state index in [1.165, 1.54) is 12.8 Å². The molecular formula is C16H26N2O3S. The fourth-order valence-electron chi connectivity index (χ4n) is 2.89. The molecule has 0 unspecified atom stereocenters. The Kier molecular flexibility index (Phi) is 5.83. The third-order valence-electron chi connectivity index (χ3n) is 4.23. The molecular weight excluding hydrogens is 300 g/mol. The summed E-state index contributed by atoms with van der Waals surface area (Å²) in [5.41, 5.74) is 0. The molecule has 1 fully saturated rings. The monoisotopic (exact) mass is 326 g/mol. The lowest BCUT2D eigenvalue weighted by molar-refractivity contribution is 0.193. The number of rotatable bonds is 7. The summed E-state index contributed by atoms with van der Waals surface area (Å²) in [7, 11) is -1.92. The molecule has 1 aliphatic heterocycles. The van der Waals surface area contributed by atoms with Crippen LogP contribution in [-0.2, 0) is 10.0 Å². The highest BCUT2D eigenvalue weighted by Crippen LogP contribution is 2.19. The number of methoxy groups -OCH3 is 1. The molecule has 5 nitrogen and oxygen atoms in total. The molecule has 1 aromatic rings. The van der Waals surface area contributed by atoms with Crippen molar-refractivity contribution in [1.29, 1.82) is 0 Å². The topological polar surface area (TPSA) is 58.6 Å². The lowest BCUT2D eigenvalue weighted by Crippen LogP contribution is -2.45. The third kappa shape index (κ3) is 4.21. The summed E-state index contributed by atoms with van der Waals surface area (Å²) < 4.78 is 32.6. The summed E-state index contributed by atoms with van der Waals surface area (Å²) in [6, 6.07) is 6.71. The van der Waals surface area contributed by atoms with Crippen LogP contribution >= 0.6 is 0 Å². The minimum absolute atomic E-state index is 0.246. The number of sulfonamides is 1. The van der Waals surface area contributed by atoms with Crippen molar-refractivity contribution < 1.29 is 13.2 Å². The lowest BCUT2D eigenvalue weighted by Gasteiger charge is -2.30. The zero-order chi connectivity index (χ0) is 16.2. The predicted octanol–water partition coefficient (Wildman–Crippen LogP) is 2.09. The van der Waals surface area contributed by atoms with Gasteiger partial charge in [-0.2, -0.15) is 0 Å². The second-order valence-corrected chi connectivity index (χ2v) is 7.85. The van der Waals surface area contributed by atoms with Crippen LogP contribution in [0.1, 0.15) is 26.7 Å². The van der Waals surface area contributed by atoms with Crippen LogP contribution in [0, 0.1) is 5.92 Å². The number of hydrogen-bond acceptors (Lipinski definition) is 4. The molecule has 1 aromatic carbocycles. The second kappa shape index (κ2) is 7.44. The molecule has 0 radical (unpaired) electrons. The van der Waals surface area contributed by atoms with E-state index in [2.05, 4.69) is 23.5 Å². The number of nitrogens with one attached hydrogen (secondary N) is 1. The second-order valence-electron chi connectivity index (χ2n) is 6.08. The molecule has 22 heavy (non-hydrogen) atoms. The Morgan fingerprint density at radius 2 is 1.77 bits per heavy atom. The molecule has 1 heterocycles. The van der Waals surface area contributed by atoms with Crippen LogP contribution in [0.5, 0.6) is 5.75 Å². The van der Waals surface area contributed by atoms with Gasteiger partial charge >= 0.3 is 0 Å². The Bertz CT molecular complexity index is 564. The van der Waals surface area contributed by atoms with E-state index in [9.17, 15) is 8.42 Å². The first kappa shape index (κ1) is 17.2. The number of ether oxygens (including phenoxy) is 1. The molecule has 1 N–H and O–H groups in total. The molecule has 0 spiro atoms. The van der Waals surface area contributed by atoms with Gasteiger partial charge in [-0.05, 0) is 56.1 Å². The average Bonchev–Trinajstić information content (AvgIpc) is 3.01. The van der Waals surface area contributed by atoms with Crippen molar-refractivity contribution >= 4 is 10.0 Å². The molecule has 124 valence electrons. The van der Waals surface area contributed by atoms with Crippen LogP contribution < -0.4 is 9.46 Å². The van der Waals surface area contributed by atoms with Gasteiger partial charge in [-0.3, -0.25) is 4.90 Å². The van der Waals surface area contributed by atoms with Crippen molar-refractivity contribution in [2.24, 2.45) is 5.92 Å². The van der Waals surface area contributed by atoms with Crippen LogP contribution in [0.3, 0.4) is 0 Å². The third-order valence-corrected chi connectivity index (χ3v) is 5.67. The highest BCUT2D eigenvalue weighted by atomic mass is 32.2. The summed E-state index contributed by atoms with van der Waals surface area (Å²) in [4.78, 5) is 2.67. The summed E-state index contributed by atoms with van der Waals surface area (Å²) in [6.45, 7) is 6.86.